The molecule has 0 aromatic rings. The third-order valence-corrected chi connectivity index (χ3v) is 3.61. The van der Waals surface area contributed by atoms with Gasteiger partial charge in [-0.2, -0.15) is 0 Å². The van der Waals surface area contributed by atoms with E-state index in [1.807, 2.05) is 7.05 Å². The van der Waals surface area contributed by atoms with Crippen molar-refractivity contribution in [3.05, 3.63) is 0 Å². The van der Waals surface area contributed by atoms with Crippen molar-refractivity contribution in [2.24, 2.45) is 5.41 Å². The van der Waals surface area contributed by atoms with Gasteiger partial charge >= 0.3 is 0 Å². The summed E-state index contributed by atoms with van der Waals surface area (Å²) in [7, 11) is 2.00. The van der Waals surface area contributed by atoms with E-state index in [0.717, 1.165) is 39.3 Å². The van der Waals surface area contributed by atoms with Crippen molar-refractivity contribution in [3.8, 4) is 0 Å². The molecule has 0 amide bonds. The predicted octanol–water partition coefficient (Wildman–Crippen LogP) is 0.705. The van der Waals surface area contributed by atoms with Crippen molar-refractivity contribution in [2.75, 3.05) is 46.5 Å². The molecule has 1 aliphatic rings. The minimum atomic E-state index is 0.215. The van der Waals surface area contributed by atoms with E-state index in [9.17, 15) is 0 Å². The van der Waals surface area contributed by atoms with Crippen LogP contribution in [0.3, 0.4) is 0 Å². The molecule has 4 nitrogen and oxygen atoms in total. The lowest BCUT2D eigenvalue weighted by atomic mass is 9.81. The SMILES string of the molecule is CNCC1(CN(CCO)C(C)C)CCCOC1. The van der Waals surface area contributed by atoms with Gasteiger partial charge in [-0.25, -0.2) is 0 Å². The highest BCUT2D eigenvalue weighted by atomic mass is 16.5. The summed E-state index contributed by atoms with van der Waals surface area (Å²) in [6.07, 6.45) is 2.36. The van der Waals surface area contributed by atoms with Gasteiger partial charge in [0.1, 0.15) is 0 Å². The van der Waals surface area contributed by atoms with Crippen LogP contribution in [0.1, 0.15) is 26.7 Å². The Kier molecular flexibility index (Phi) is 6.41. The fraction of sp³-hybridized carbons (Fsp3) is 1.00. The molecule has 1 rings (SSSR count). The molecular weight excluding hydrogens is 216 g/mol. The fourth-order valence-electron chi connectivity index (χ4n) is 2.68. The van der Waals surface area contributed by atoms with E-state index in [2.05, 4.69) is 24.1 Å². The minimum absolute atomic E-state index is 0.215. The number of ether oxygens (including phenoxy) is 1. The zero-order chi connectivity index (χ0) is 12.7. The normalized spacial score (nSPS) is 25.8. The molecule has 0 radical (unpaired) electrons. The standard InChI is InChI=1S/C13H28N2O2/c1-12(2)15(6-7-16)10-13(9-14-3)5-4-8-17-11-13/h12,14,16H,4-11H2,1-3H3. The van der Waals surface area contributed by atoms with Gasteiger partial charge in [-0.3, -0.25) is 4.90 Å². The number of hydrogen-bond donors (Lipinski definition) is 2. The van der Waals surface area contributed by atoms with E-state index >= 15 is 0 Å². The molecule has 2 N–H and O–H groups in total. The van der Waals surface area contributed by atoms with Crippen molar-refractivity contribution >= 4 is 0 Å². The summed E-state index contributed by atoms with van der Waals surface area (Å²) in [5, 5.41) is 12.4. The van der Waals surface area contributed by atoms with Gasteiger partial charge in [-0.05, 0) is 33.7 Å². The van der Waals surface area contributed by atoms with E-state index in [4.69, 9.17) is 9.84 Å². The van der Waals surface area contributed by atoms with E-state index in [1.54, 1.807) is 0 Å². The van der Waals surface area contributed by atoms with Crippen LogP contribution in [0, 0.1) is 5.41 Å². The van der Waals surface area contributed by atoms with Crippen LogP contribution in [0.4, 0.5) is 0 Å². The zero-order valence-corrected chi connectivity index (χ0v) is 11.5. The maximum atomic E-state index is 9.14. The number of aliphatic hydroxyl groups excluding tert-OH is 1. The number of hydrogen-bond acceptors (Lipinski definition) is 4. The summed E-state index contributed by atoms with van der Waals surface area (Å²) < 4.78 is 5.67. The van der Waals surface area contributed by atoms with Crippen molar-refractivity contribution in [1.82, 2.24) is 10.2 Å². The Morgan fingerprint density at radius 1 is 1.47 bits per heavy atom. The maximum absolute atomic E-state index is 9.14. The van der Waals surface area contributed by atoms with Crippen molar-refractivity contribution < 1.29 is 9.84 Å². The number of nitrogens with zero attached hydrogens (tertiary/aromatic N) is 1. The molecule has 0 bridgehead atoms. The summed E-state index contributed by atoms with van der Waals surface area (Å²) in [5.74, 6) is 0. The van der Waals surface area contributed by atoms with Crippen LogP contribution in [-0.2, 0) is 4.74 Å². The molecular formula is C13H28N2O2. The number of nitrogens with one attached hydrogen (secondary N) is 1. The Balaban J connectivity index is 2.62. The van der Waals surface area contributed by atoms with Gasteiger partial charge in [0.2, 0.25) is 0 Å². The lowest BCUT2D eigenvalue weighted by molar-refractivity contribution is -0.0321. The topological polar surface area (TPSA) is 44.7 Å². The third-order valence-electron chi connectivity index (χ3n) is 3.61. The molecule has 4 heteroatoms. The molecule has 17 heavy (non-hydrogen) atoms. The van der Waals surface area contributed by atoms with Gasteiger partial charge < -0.3 is 15.2 Å². The van der Waals surface area contributed by atoms with Crippen LogP contribution in [0.15, 0.2) is 0 Å². The van der Waals surface area contributed by atoms with Crippen molar-refractivity contribution in [2.45, 2.75) is 32.7 Å². The first-order chi connectivity index (χ1) is 8.13. The molecule has 0 saturated carbocycles. The van der Waals surface area contributed by atoms with Gasteiger partial charge in [0.05, 0.1) is 13.2 Å². The lowest BCUT2D eigenvalue weighted by Gasteiger charge is -2.42. The van der Waals surface area contributed by atoms with Crippen LogP contribution < -0.4 is 5.32 Å². The van der Waals surface area contributed by atoms with Crippen molar-refractivity contribution in [1.29, 1.82) is 0 Å². The van der Waals surface area contributed by atoms with Crippen LogP contribution >= 0.6 is 0 Å². The highest BCUT2D eigenvalue weighted by Gasteiger charge is 2.34. The minimum Gasteiger partial charge on any atom is -0.395 e. The maximum Gasteiger partial charge on any atom is 0.0558 e. The Morgan fingerprint density at radius 2 is 2.24 bits per heavy atom. The van der Waals surface area contributed by atoms with Crippen LogP contribution in [-0.4, -0.2) is 62.6 Å². The van der Waals surface area contributed by atoms with Gasteiger partial charge in [-0.15, -0.1) is 0 Å². The fourth-order valence-corrected chi connectivity index (χ4v) is 2.68. The van der Waals surface area contributed by atoms with Crippen LogP contribution in [0.5, 0.6) is 0 Å². The summed E-state index contributed by atoms with van der Waals surface area (Å²) in [6, 6.07) is 0.470. The van der Waals surface area contributed by atoms with Crippen molar-refractivity contribution in [3.63, 3.8) is 0 Å². The third kappa shape index (κ3) is 4.54. The quantitative estimate of drug-likeness (QED) is 0.692. The summed E-state index contributed by atoms with van der Waals surface area (Å²) in [6.45, 7) is 9.08. The Labute approximate surface area is 105 Å². The molecule has 1 atom stereocenters. The monoisotopic (exact) mass is 244 g/mol. The van der Waals surface area contributed by atoms with Gasteiger partial charge in [-0.1, -0.05) is 0 Å². The average molecular weight is 244 g/mol. The molecule has 0 aromatic carbocycles. The van der Waals surface area contributed by atoms with Crippen LogP contribution in [0.25, 0.3) is 0 Å². The highest BCUT2D eigenvalue weighted by Crippen LogP contribution is 2.29. The van der Waals surface area contributed by atoms with E-state index < -0.39 is 0 Å². The highest BCUT2D eigenvalue weighted by molar-refractivity contribution is 4.87. The smallest absolute Gasteiger partial charge is 0.0558 e. The molecule has 0 aliphatic carbocycles. The molecule has 102 valence electrons. The van der Waals surface area contributed by atoms with E-state index in [1.165, 1.54) is 6.42 Å². The predicted molar refractivity (Wildman–Crippen MR) is 70.2 cm³/mol. The largest absolute Gasteiger partial charge is 0.395 e. The molecule has 1 saturated heterocycles. The zero-order valence-electron chi connectivity index (χ0n) is 11.5. The first-order valence-electron chi connectivity index (χ1n) is 6.71. The first-order valence-corrected chi connectivity index (χ1v) is 6.71. The lowest BCUT2D eigenvalue weighted by Crippen LogP contribution is -2.50. The molecule has 0 aromatic heterocycles. The number of aliphatic hydroxyl groups is 1. The Morgan fingerprint density at radius 3 is 2.71 bits per heavy atom. The van der Waals surface area contributed by atoms with E-state index in [0.29, 0.717) is 6.04 Å². The van der Waals surface area contributed by atoms with Gasteiger partial charge in [0.15, 0.2) is 0 Å². The number of rotatable bonds is 7. The second kappa shape index (κ2) is 7.31. The molecule has 1 fully saturated rings. The average Bonchev–Trinajstić information content (AvgIpc) is 2.30. The summed E-state index contributed by atoms with van der Waals surface area (Å²) in [5.41, 5.74) is 0.215. The van der Waals surface area contributed by atoms with E-state index in [-0.39, 0.29) is 12.0 Å². The molecule has 1 heterocycles. The Bertz CT molecular complexity index is 198. The Hall–Kier alpha value is -0.160. The van der Waals surface area contributed by atoms with Gasteiger partial charge in [0, 0.05) is 37.7 Å². The second-order valence-electron chi connectivity index (χ2n) is 5.47. The second-order valence-corrected chi connectivity index (χ2v) is 5.47. The van der Waals surface area contributed by atoms with Crippen LogP contribution in [0.2, 0.25) is 0 Å². The summed E-state index contributed by atoms with van der Waals surface area (Å²) in [4.78, 5) is 2.35. The molecule has 1 unspecified atom stereocenters. The molecule has 0 spiro atoms. The first kappa shape index (κ1) is 14.9. The summed E-state index contributed by atoms with van der Waals surface area (Å²) >= 11 is 0. The van der Waals surface area contributed by atoms with Gasteiger partial charge in [0.25, 0.3) is 0 Å². The molecule has 1 aliphatic heterocycles.